The van der Waals surface area contributed by atoms with Crippen molar-refractivity contribution in [2.45, 2.75) is 509 Å². The van der Waals surface area contributed by atoms with Crippen LogP contribution in [0.1, 0.15) is 491 Å². The monoisotopic (exact) mass is 1610 g/mol. The van der Waals surface area contributed by atoms with E-state index in [2.05, 4.69) is 41.5 Å². The highest BCUT2D eigenvalue weighted by Crippen LogP contribution is 2.45. The normalized spacial score (nSPS) is 14.2. The molecule has 0 bridgehead atoms. The summed E-state index contributed by atoms with van der Waals surface area (Å²) in [5.74, 6) is -0.381. The third kappa shape index (κ3) is 81.2. The van der Waals surface area contributed by atoms with E-state index in [4.69, 9.17) is 37.0 Å². The first-order valence-corrected chi connectivity index (χ1v) is 50.1. The lowest BCUT2D eigenvalue weighted by molar-refractivity contribution is -0.161. The molecule has 17 nitrogen and oxygen atoms in total. The molecule has 0 spiro atoms. The zero-order valence-corrected chi connectivity index (χ0v) is 74.4. The van der Waals surface area contributed by atoms with Gasteiger partial charge in [0.2, 0.25) is 0 Å². The molecule has 0 amide bonds. The van der Waals surface area contributed by atoms with Crippen LogP contribution in [0.25, 0.3) is 0 Å². The summed E-state index contributed by atoms with van der Waals surface area (Å²) in [4.78, 5) is 73.3. The maximum absolute atomic E-state index is 13.2. The van der Waals surface area contributed by atoms with Gasteiger partial charge in [0.05, 0.1) is 26.4 Å². The second kappa shape index (κ2) is 82.2. The molecular formula is C91H178O17P2. The molecule has 110 heavy (non-hydrogen) atoms. The number of esters is 4. The van der Waals surface area contributed by atoms with Gasteiger partial charge in [0, 0.05) is 25.7 Å². The Morgan fingerprint density at radius 1 is 0.255 bits per heavy atom. The van der Waals surface area contributed by atoms with E-state index in [0.29, 0.717) is 25.7 Å². The number of hydrogen-bond acceptors (Lipinski definition) is 15. The number of aliphatic hydroxyl groups is 1. The van der Waals surface area contributed by atoms with Crippen molar-refractivity contribution in [2.24, 2.45) is 11.8 Å². The topological polar surface area (TPSA) is 237 Å². The van der Waals surface area contributed by atoms with E-state index in [9.17, 15) is 43.2 Å². The number of phosphoric acid groups is 2. The summed E-state index contributed by atoms with van der Waals surface area (Å²) in [6.45, 7) is 9.80. The molecule has 3 N–H and O–H groups in total. The van der Waals surface area contributed by atoms with E-state index in [1.165, 1.54) is 308 Å². The molecule has 0 fully saturated rings. The van der Waals surface area contributed by atoms with Crippen LogP contribution in [0.15, 0.2) is 0 Å². The maximum Gasteiger partial charge on any atom is 0.472 e. The Bertz CT molecular complexity index is 2100. The highest BCUT2D eigenvalue weighted by atomic mass is 31.2. The molecule has 0 aliphatic carbocycles. The van der Waals surface area contributed by atoms with E-state index < -0.39 is 97.5 Å². The fourth-order valence-corrected chi connectivity index (χ4v) is 15.8. The highest BCUT2D eigenvalue weighted by molar-refractivity contribution is 7.47. The lowest BCUT2D eigenvalue weighted by Crippen LogP contribution is -2.30. The molecule has 7 atom stereocenters. The van der Waals surface area contributed by atoms with Crippen LogP contribution in [0.4, 0.5) is 0 Å². The van der Waals surface area contributed by atoms with Crippen molar-refractivity contribution in [3.05, 3.63) is 0 Å². The van der Waals surface area contributed by atoms with Gasteiger partial charge in [0.15, 0.2) is 12.2 Å². The van der Waals surface area contributed by atoms with Crippen LogP contribution in [0.2, 0.25) is 0 Å². The zero-order valence-electron chi connectivity index (χ0n) is 72.6. The Hall–Kier alpha value is -1.94. The molecule has 0 saturated heterocycles. The van der Waals surface area contributed by atoms with Crippen molar-refractivity contribution < 1.29 is 80.2 Å². The van der Waals surface area contributed by atoms with E-state index in [-0.39, 0.29) is 25.7 Å². The average Bonchev–Trinajstić information content (AvgIpc) is 0.901. The minimum absolute atomic E-state index is 0.108. The number of hydrogen-bond donors (Lipinski definition) is 3. The standard InChI is InChI=1S/C91H178O17P2/c1-7-11-13-15-17-19-20-21-22-23-24-25-26-30-33-39-44-50-56-62-68-74-89(94)102-80-87(108-91(96)75-69-63-57-51-45-40-34-31-28-27-29-32-37-42-48-53-59-65-71-83(5)9-3)82-106-110(99,100)104-78-85(92)77-103-109(97,98)105-81-86(79-101-88(93)73-67-61-55-47-18-16-14-12-8-2)107-90(95)76-70-64-58-52-46-41-36-35-38-43-49-54-60-66-72-84(6)10-4/h83-87,92H,7-82H2,1-6H3,(H,97,98)(H,99,100)/t83?,84?,85-,86+,87+/m0/s1. The molecule has 0 saturated carbocycles. The van der Waals surface area contributed by atoms with Crippen molar-refractivity contribution in [1.29, 1.82) is 0 Å². The molecule has 0 aliphatic rings. The van der Waals surface area contributed by atoms with Gasteiger partial charge in [-0.1, -0.05) is 440 Å². The molecule has 0 aliphatic heterocycles. The molecule has 0 aromatic heterocycles. The van der Waals surface area contributed by atoms with Crippen LogP contribution in [0.5, 0.6) is 0 Å². The average molecular weight is 1610 g/mol. The SMILES string of the molecule is CCCCCCCCCCCCCCCCCCCCCCCC(=O)OC[C@H](COP(=O)(O)OC[C@@H](O)COP(=O)(O)OC[C@@H](COC(=O)CCCCCCCCCCC)OC(=O)CCCCCCCCCCCCCCCCC(C)CC)OC(=O)CCCCCCCCCCCCCCCCCCCCC(C)CC. The largest absolute Gasteiger partial charge is 0.472 e. The molecule has 0 radical (unpaired) electrons. The predicted octanol–water partition coefficient (Wildman–Crippen LogP) is 28.2. The third-order valence-electron chi connectivity index (χ3n) is 22.2. The van der Waals surface area contributed by atoms with Gasteiger partial charge in [-0.05, 0) is 37.5 Å². The van der Waals surface area contributed by atoms with Crippen LogP contribution in [0, 0.1) is 11.8 Å². The van der Waals surface area contributed by atoms with Crippen molar-refractivity contribution >= 4 is 39.5 Å². The van der Waals surface area contributed by atoms with Crippen LogP contribution >= 0.6 is 15.6 Å². The summed E-state index contributed by atoms with van der Waals surface area (Å²) < 4.78 is 69.0. The van der Waals surface area contributed by atoms with E-state index in [1.54, 1.807) is 0 Å². The quantitative estimate of drug-likeness (QED) is 0.0222. The summed E-state index contributed by atoms with van der Waals surface area (Å²) in [6, 6.07) is 0. The molecule has 0 aromatic rings. The van der Waals surface area contributed by atoms with Crippen LogP contribution < -0.4 is 0 Å². The van der Waals surface area contributed by atoms with Crippen molar-refractivity contribution in [2.75, 3.05) is 39.6 Å². The van der Waals surface area contributed by atoms with Crippen molar-refractivity contribution in [3.8, 4) is 0 Å². The predicted molar refractivity (Wildman–Crippen MR) is 455 cm³/mol. The Morgan fingerprint density at radius 2 is 0.436 bits per heavy atom. The van der Waals surface area contributed by atoms with Crippen LogP contribution in [0.3, 0.4) is 0 Å². The van der Waals surface area contributed by atoms with Gasteiger partial charge in [0.1, 0.15) is 19.3 Å². The van der Waals surface area contributed by atoms with Gasteiger partial charge >= 0.3 is 39.5 Å². The first-order valence-electron chi connectivity index (χ1n) is 47.1. The Labute approximate surface area is 677 Å². The Balaban J connectivity index is 5.20. The molecule has 0 rings (SSSR count). The smallest absolute Gasteiger partial charge is 0.462 e. The van der Waals surface area contributed by atoms with Crippen LogP contribution in [-0.2, 0) is 65.4 Å². The van der Waals surface area contributed by atoms with E-state index >= 15 is 0 Å². The fraction of sp³-hybridized carbons (Fsp3) is 0.956. The number of carbonyl (C=O) groups is 4. The molecule has 0 heterocycles. The van der Waals surface area contributed by atoms with Gasteiger partial charge in [-0.15, -0.1) is 0 Å². The van der Waals surface area contributed by atoms with Gasteiger partial charge in [-0.25, -0.2) is 9.13 Å². The molecule has 0 aromatic carbocycles. The first kappa shape index (κ1) is 108. The number of unbranched alkanes of at least 4 members (excludes halogenated alkanes) is 58. The van der Waals surface area contributed by atoms with E-state index in [1.807, 2.05) is 0 Å². The number of ether oxygens (including phenoxy) is 4. The van der Waals surface area contributed by atoms with E-state index in [0.717, 1.165) is 102 Å². The highest BCUT2D eigenvalue weighted by Gasteiger charge is 2.31. The van der Waals surface area contributed by atoms with Gasteiger partial charge in [-0.3, -0.25) is 37.3 Å². The maximum atomic E-state index is 13.2. The minimum atomic E-state index is -4.97. The lowest BCUT2D eigenvalue weighted by Gasteiger charge is -2.21. The van der Waals surface area contributed by atoms with Gasteiger partial charge in [-0.2, -0.15) is 0 Å². The second-order valence-corrected chi connectivity index (χ2v) is 36.1. The summed E-state index contributed by atoms with van der Waals surface area (Å²) in [5, 5.41) is 10.7. The number of phosphoric ester groups is 2. The summed E-state index contributed by atoms with van der Waals surface area (Å²) >= 11 is 0. The molecular weight excluding hydrogens is 1430 g/mol. The summed E-state index contributed by atoms with van der Waals surface area (Å²) in [7, 11) is -9.93. The molecule has 19 heteroatoms. The zero-order chi connectivity index (χ0) is 80.6. The fourth-order valence-electron chi connectivity index (χ4n) is 14.2. The number of rotatable bonds is 90. The van der Waals surface area contributed by atoms with Crippen LogP contribution in [-0.4, -0.2) is 96.7 Å². The van der Waals surface area contributed by atoms with Gasteiger partial charge < -0.3 is 33.8 Å². The lowest BCUT2D eigenvalue weighted by atomic mass is 9.99. The minimum Gasteiger partial charge on any atom is -0.462 e. The number of aliphatic hydroxyl groups excluding tert-OH is 1. The van der Waals surface area contributed by atoms with Crippen molar-refractivity contribution in [1.82, 2.24) is 0 Å². The third-order valence-corrected chi connectivity index (χ3v) is 24.1. The Kier molecular flexibility index (Phi) is 80.7. The second-order valence-electron chi connectivity index (χ2n) is 33.2. The van der Waals surface area contributed by atoms with Gasteiger partial charge in [0.25, 0.3) is 0 Å². The Morgan fingerprint density at radius 3 is 0.645 bits per heavy atom. The van der Waals surface area contributed by atoms with Crippen molar-refractivity contribution in [3.63, 3.8) is 0 Å². The summed E-state index contributed by atoms with van der Waals surface area (Å²) in [6.07, 6.45) is 76.4. The molecule has 4 unspecified atom stereocenters. The summed E-state index contributed by atoms with van der Waals surface area (Å²) in [5.41, 5.74) is 0. The molecule has 654 valence electrons. The number of carbonyl (C=O) groups excluding carboxylic acids is 4. The first-order chi connectivity index (χ1) is 53.4.